The van der Waals surface area contributed by atoms with Gasteiger partial charge in [-0.2, -0.15) is 0 Å². The monoisotopic (exact) mass is 171 g/mol. The summed E-state index contributed by atoms with van der Waals surface area (Å²) < 4.78 is 5.21. The molecule has 0 aliphatic carbocycles. The van der Waals surface area contributed by atoms with Crippen molar-refractivity contribution in [1.82, 2.24) is 10.3 Å². The molecule has 2 saturated heterocycles. The van der Waals surface area contributed by atoms with E-state index in [1.165, 1.54) is 0 Å². The number of hydrogen-bond donors (Lipinski definition) is 2. The van der Waals surface area contributed by atoms with Crippen LogP contribution in [0.5, 0.6) is 0 Å². The lowest BCUT2D eigenvalue weighted by Gasteiger charge is -2.34. The van der Waals surface area contributed by atoms with E-state index in [1.54, 1.807) is 5.01 Å². The van der Waals surface area contributed by atoms with Gasteiger partial charge in [0.15, 0.2) is 0 Å². The van der Waals surface area contributed by atoms with Gasteiger partial charge in [-0.25, -0.2) is 9.80 Å². The summed E-state index contributed by atoms with van der Waals surface area (Å²) >= 11 is 0. The maximum absolute atomic E-state index is 10.8. The smallest absolute Gasteiger partial charge is 0.407 e. The predicted molar refractivity (Wildman–Crippen MR) is 42.2 cm³/mol. The van der Waals surface area contributed by atoms with Gasteiger partial charge < -0.3 is 10.1 Å². The fraction of sp³-hybridized carbons (Fsp3) is 0.857. The first-order chi connectivity index (χ1) is 5.70. The van der Waals surface area contributed by atoms with Gasteiger partial charge in [0.05, 0.1) is 6.54 Å². The number of carbonyl (C=O) groups is 1. The molecule has 2 fully saturated rings. The summed E-state index contributed by atoms with van der Waals surface area (Å²) in [6.45, 7) is 2.24. The van der Waals surface area contributed by atoms with Crippen LogP contribution in [0.2, 0.25) is 0 Å². The minimum Gasteiger partial charge on any atom is -0.441 e. The molecule has 2 aliphatic heterocycles. The number of piperidine rings is 1. The molecule has 2 aliphatic rings. The van der Waals surface area contributed by atoms with E-state index in [1.807, 2.05) is 0 Å². The highest BCUT2D eigenvalue weighted by Crippen LogP contribution is 2.27. The lowest BCUT2D eigenvalue weighted by Crippen LogP contribution is -2.49. The molecule has 0 aromatic heterocycles. The molecular weight excluding hydrogens is 158 g/mol. The highest BCUT2D eigenvalue weighted by molar-refractivity contribution is 5.70. The number of carbonyl (C=O) groups excluding carboxylic acids is 1. The number of hydrazine groups is 1. The number of nitrogens with zero attached hydrogens (tertiary/aromatic N) is 1. The highest BCUT2D eigenvalue weighted by atomic mass is 16.6. The fourth-order valence-electron chi connectivity index (χ4n) is 1.71. The van der Waals surface area contributed by atoms with Crippen LogP contribution in [0.25, 0.3) is 0 Å². The summed E-state index contributed by atoms with van der Waals surface area (Å²) in [5.41, 5.74) is -0.257. The van der Waals surface area contributed by atoms with Crippen LogP contribution >= 0.6 is 0 Å². The van der Waals surface area contributed by atoms with E-state index in [4.69, 9.17) is 10.6 Å². The van der Waals surface area contributed by atoms with Crippen LogP contribution in [-0.2, 0) is 4.74 Å². The summed E-state index contributed by atoms with van der Waals surface area (Å²) in [7, 11) is 0. The molecule has 5 heteroatoms. The van der Waals surface area contributed by atoms with Gasteiger partial charge in [-0.1, -0.05) is 0 Å². The van der Waals surface area contributed by atoms with E-state index < -0.39 is 0 Å². The number of rotatable bonds is 0. The van der Waals surface area contributed by atoms with Crippen LogP contribution in [0, 0.1) is 0 Å². The molecule has 5 nitrogen and oxygen atoms in total. The molecule has 12 heavy (non-hydrogen) atoms. The summed E-state index contributed by atoms with van der Waals surface area (Å²) in [5, 5.41) is 4.44. The summed E-state index contributed by atoms with van der Waals surface area (Å²) in [5.74, 6) is 5.59. The Morgan fingerprint density at radius 3 is 2.67 bits per heavy atom. The van der Waals surface area contributed by atoms with Crippen molar-refractivity contribution in [1.29, 1.82) is 0 Å². The highest BCUT2D eigenvalue weighted by Gasteiger charge is 2.42. The second kappa shape index (κ2) is 2.60. The zero-order valence-corrected chi connectivity index (χ0v) is 6.88. The third-order valence-electron chi connectivity index (χ3n) is 2.57. The molecule has 0 aromatic rings. The molecule has 0 bridgehead atoms. The summed E-state index contributed by atoms with van der Waals surface area (Å²) in [6.07, 6.45) is 1.38. The number of nitrogens with two attached hydrogens (primary N) is 1. The Labute approximate surface area is 70.8 Å². The van der Waals surface area contributed by atoms with Crippen LogP contribution in [0.1, 0.15) is 12.8 Å². The van der Waals surface area contributed by atoms with E-state index >= 15 is 0 Å². The van der Waals surface area contributed by atoms with Crippen molar-refractivity contribution in [3.63, 3.8) is 0 Å². The molecule has 68 valence electrons. The van der Waals surface area contributed by atoms with Gasteiger partial charge in [0, 0.05) is 25.9 Å². The number of nitrogens with one attached hydrogen (secondary N) is 1. The minimum absolute atomic E-state index is 0.257. The predicted octanol–water partition coefficient (Wildman–Crippen LogP) is -0.566. The van der Waals surface area contributed by atoms with Crippen molar-refractivity contribution in [2.75, 3.05) is 19.6 Å². The van der Waals surface area contributed by atoms with Gasteiger partial charge in [0.25, 0.3) is 0 Å². The number of amides is 1. The molecule has 0 radical (unpaired) electrons. The van der Waals surface area contributed by atoms with Gasteiger partial charge in [0.2, 0.25) is 0 Å². The van der Waals surface area contributed by atoms with E-state index in [-0.39, 0.29) is 11.7 Å². The Kier molecular flexibility index (Phi) is 1.69. The quantitative estimate of drug-likeness (QED) is 0.479. The zero-order valence-electron chi connectivity index (χ0n) is 6.88. The lowest BCUT2D eigenvalue weighted by atomic mass is 9.92. The molecular formula is C7H13N3O2. The number of alkyl carbamates (subject to hydrolysis) is 1. The second-order valence-corrected chi connectivity index (χ2v) is 3.46. The Bertz CT molecular complexity index is 199. The zero-order chi connectivity index (χ0) is 8.60. The topological polar surface area (TPSA) is 67.6 Å². The van der Waals surface area contributed by atoms with Crippen LogP contribution < -0.4 is 11.2 Å². The molecule has 3 N–H and O–H groups in total. The maximum atomic E-state index is 10.8. The van der Waals surface area contributed by atoms with E-state index in [0.29, 0.717) is 6.54 Å². The Hall–Kier alpha value is -0.810. The third-order valence-corrected chi connectivity index (χ3v) is 2.57. The van der Waals surface area contributed by atoms with Crippen molar-refractivity contribution in [2.24, 2.45) is 5.84 Å². The summed E-state index contributed by atoms with van der Waals surface area (Å²) in [4.78, 5) is 10.8. The molecule has 0 aromatic carbocycles. The van der Waals surface area contributed by atoms with Gasteiger partial charge in [-0.3, -0.25) is 5.84 Å². The molecule has 1 spiro atoms. The fourth-order valence-corrected chi connectivity index (χ4v) is 1.71. The molecule has 0 unspecified atom stereocenters. The van der Waals surface area contributed by atoms with Gasteiger partial charge >= 0.3 is 6.09 Å². The molecule has 2 rings (SSSR count). The Balaban J connectivity index is 1.99. The molecule has 2 heterocycles. The SMILES string of the molecule is NN1CCC2(CC1)CNC(=O)O2. The van der Waals surface area contributed by atoms with Crippen molar-refractivity contribution in [2.45, 2.75) is 18.4 Å². The number of hydrogen-bond acceptors (Lipinski definition) is 4. The average molecular weight is 171 g/mol. The van der Waals surface area contributed by atoms with Crippen molar-refractivity contribution in [3.05, 3.63) is 0 Å². The van der Waals surface area contributed by atoms with E-state index in [9.17, 15) is 4.79 Å². The van der Waals surface area contributed by atoms with Crippen LogP contribution in [-0.4, -0.2) is 36.3 Å². The van der Waals surface area contributed by atoms with Gasteiger partial charge in [0.1, 0.15) is 5.60 Å². The van der Waals surface area contributed by atoms with Gasteiger partial charge in [-0.15, -0.1) is 0 Å². The first-order valence-corrected chi connectivity index (χ1v) is 4.17. The van der Waals surface area contributed by atoms with Crippen LogP contribution in [0.3, 0.4) is 0 Å². The van der Waals surface area contributed by atoms with E-state index in [2.05, 4.69) is 5.32 Å². The molecule has 0 atom stereocenters. The van der Waals surface area contributed by atoms with E-state index in [0.717, 1.165) is 25.9 Å². The maximum Gasteiger partial charge on any atom is 0.407 e. The van der Waals surface area contributed by atoms with Gasteiger partial charge in [-0.05, 0) is 0 Å². The van der Waals surface area contributed by atoms with Crippen molar-refractivity contribution >= 4 is 6.09 Å². The van der Waals surface area contributed by atoms with Crippen molar-refractivity contribution < 1.29 is 9.53 Å². The Morgan fingerprint density at radius 1 is 1.50 bits per heavy atom. The summed E-state index contributed by atoms with van der Waals surface area (Å²) in [6, 6.07) is 0. The van der Waals surface area contributed by atoms with Crippen LogP contribution in [0.15, 0.2) is 0 Å². The van der Waals surface area contributed by atoms with Crippen molar-refractivity contribution in [3.8, 4) is 0 Å². The standard InChI is InChI=1S/C7H13N3O2/c8-10-3-1-7(2-4-10)5-9-6(11)12-7/h1-5,8H2,(H,9,11). The Morgan fingerprint density at radius 2 is 2.17 bits per heavy atom. The molecule has 0 saturated carbocycles. The largest absolute Gasteiger partial charge is 0.441 e. The first kappa shape index (κ1) is 7.82. The lowest BCUT2D eigenvalue weighted by molar-refractivity contribution is 0.000687. The normalized spacial score (nSPS) is 28.6. The first-order valence-electron chi connectivity index (χ1n) is 4.17. The second-order valence-electron chi connectivity index (χ2n) is 3.46. The minimum atomic E-state index is -0.291. The number of ether oxygens (including phenoxy) is 1. The third kappa shape index (κ3) is 1.25. The van der Waals surface area contributed by atoms with Crippen LogP contribution in [0.4, 0.5) is 4.79 Å². The average Bonchev–Trinajstić information content (AvgIpc) is 2.40. The molecule has 1 amide bonds.